The molecule has 0 aliphatic rings. The standard InChI is InChI=1S/C13H16ClN3O.ClH/c1-13(2,3)10(15)12-16-11(17-18-12)8-6-4-5-7-9(8)14;/h4-7,10H,15H2,1-3H3;1H/t10-;/m1./s1. The predicted octanol–water partition coefficient (Wildman–Crippen LogP) is 3.86. The molecular weight excluding hydrogens is 285 g/mol. The number of nitrogens with zero attached hydrogens (tertiary/aromatic N) is 2. The molecule has 0 aliphatic heterocycles. The third kappa shape index (κ3) is 3.47. The second-order valence-electron chi connectivity index (χ2n) is 5.28. The van der Waals surface area contributed by atoms with E-state index in [2.05, 4.69) is 10.1 Å². The monoisotopic (exact) mass is 301 g/mol. The lowest BCUT2D eigenvalue weighted by Crippen LogP contribution is -2.26. The van der Waals surface area contributed by atoms with Crippen molar-refractivity contribution in [2.45, 2.75) is 26.8 Å². The summed E-state index contributed by atoms with van der Waals surface area (Å²) in [5, 5.41) is 4.52. The van der Waals surface area contributed by atoms with Crippen LogP contribution < -0.4 is 5.73 Å². The molecule has 1 heterocycles. The predicted molar refractivity (Wildman–Crippen MR) is 78.4 cm³/mol. The maximum Gasteiger partial charge on any atom is 0.244 e. The first-order chi connectivity index (χ1) is 8.39. The molecule has 2 aromatic rings. The summed E-state index contributed by atoms with van der Waals surface area (Å²) in [5.41, 5.74) is 6.68. The molecule has 104 valence electrons. The van der Waals surface area contributed by atoms with Crippen molar-refractivity contribution >= 4 is 24.0 Å². The molecule has 0 amide bonds. The van der Waals surface area contributed by atoms with Crippen LogP contribution in [0.4, 0.5) is 0 Å². The van der Waals surface area contributed by atoms with Gasteiger partial charge in [0.15, 0.2) is 0 Å². The molecule has 1 atom stereocenters. The summed E-state index contributed by atoms with van der Waals surface area (Å²) in [7, 11) is 0. The van der Waals surface area contributed by atoms with Crippen LogP contribution in [-0.2, 0) is 0 Å². The van der Waals surface area contributed by atoms with Crippen LogP contribution in [0.1, 0.15) is 32.7 Å². The molecule has 0 saturated carbocycles. The third-order valence-electron chi connectivity index (χ3n) is 2.76. The molecule has 4 nitrogen and oxygen atoms in total. The van der Waals surface area contributed by atoms with E-state index in [-0.39, 0.29) is 23.9 Å². The number of aromatic nitrogens is 2. The van der Waals surface area contributed by atoms with Gasteiger partial charge in [-0.1, -0.05) is 49.7 Å². The van der Waals surface area contributed by atoms with Crippen molar-refractivity contribution < 1.29 is 4.52 Å². The van der Waals surface area contributed by atoms with Gasteiger partial charge in [-0.25, -0.2) is 0 Å². The molecule has 0 saturated heterocycles. The van der Waals surface area contributed by atoms with Crippen LogP contribution >= 0.6 is 24.0 Å². The van der Waals surface area contributed by atoms with Gasteiger partial charge in [-0.3, -0.25) is 0 Å². The van der Waals surface area contributed by atoms with Crippen LogP contribution in [0.3, 0.4) is 0 Å². The summed E-state index contributed by atoms with van der Waals surface area (Å²) in [5.74, 6) is 0.896. The highest BCUT2D eigenvalue weighted by Crippen LogP contribution is 2.31. The average molecular weight is 302 g/mol. The van der Waals surface area contributed by atoms with Crippen LogP contribution in [0.25, 0.3) is 11.4 Å². The Morgan fingerprint density at radius 2 is 1.89 bits per heavy atom. The first-order valence-corrected chi connectivity index (χ1v) is 6.11. The Balaban J connectivity index is 0.00000180. The van der Waals surface area contributed by atoms with Crippen LogP contribution in [0, 0.1) is 5.41 Å². The Kier molecular flexibility index (Phi) is 4.96. The molecule has 0 aliphatic carbocycles. The van der Waals surface area contributed by atoms with E-state index in [0.717, 1.165) is 5.56 Å². The van der Waals surface area contributed by atoms with Gasteiger partial charge in [0.25, 0.3) is 0 Å². The highest BCUT2D eigenvalue weighted by molar-refractivity contribution is 6.33. The fourth-order valence-corrected chi connectivity index (χ4v) is 1.70. The van der Waals surface area contributed by atoms with E-state index in [1.165, 1.54) is 0 Å². The molecule has 2 N–H and O–H groups in total. The molecular formula is C13H17Cl2N3O. The fraction of sp³-hybridized carbons (Fsp3) is 0.385. The lowest BCUT2D eigenvalue weighted by atomic mass is 9.87. The minimum absolute atomic E-state index is 0. The van der Waals surface area contributed by atoms with Crippen LogP contribution in [0.15, 0.2) is 28.8 Å². The minimum atomic E-state index is -0.304. The second-order valence-corrected chi connectivity index (χ2v) is 5.69. The smallest absolute Gasteiger partial charge is 0.244 e. The number of rotatable bonds is 2. The zero-order valence-corrected chi connectivity index (χ0v) is 12.6. The SMILES string of the molecule is CC(C)(C)[C@H](N)c1nc(-c2ccccc2Cl)no1.Cl. The van der Waals surface area contributed by atoms with Gasteiger partial charge in [-0.15, -0.1) is 12.4 Å². The molecule has 0 radical (unpaired) electrons. The Labute approximate surface area is 123 Å². The zero-order valence-electron chi connectivity index (χ0n) is 11.1. The molecule has 0 spiro atoms. The highest BCUT2D eigenvalue weighted by Gasteiger charge is 2.27. The first-order valence-electron chi connectivity index (χ1n) is 5.73. The van der Waals surface area contributed by atoms with Gasteiger partial charge in [0.05, 0.1) is 11.1 Å². The molecule has 19 heavy (non-hydrogen) atoms. The lowest BCUT2D eigenvalue weighted by Gasteiger charge is -2.23. The van der Waals surface area contributed by atoms with Crippen molar-refractivity contribution in [1.82, 2.24) is 10.1 Å². The fourth-order valence-electron chi connectivity index (χ4n) is 1.48. The van der Waals surface area contributed by atoms with Crippen molar-refractivity contribution in [2.24, 2.45) is 11.1 Å². The zero-order chi connectivity index (χ0) is 13.3. The van der Waals surface area contributed by atoms with Crippen molar-refractivity contribution in [1.29, 1.82) is 0 Å². The van der Waals surface area contributed by atoms with Crippen molar-refractivity contribution in [2.75, 3.05) is 0 Å². The lowest BCUT2D eigenvalue weighted by molar-refractivity contribution is 0.253. The number of benzene rings is 1. The summed E-state index contributed by atoms with van der Waals surface area (Å²) >= 11 is 6.08. The molecule has 0 bridgehead atoms. The van der Waals surface area contributed by atoms with E-state index in [1.807, 2.05) is 39.0 Å². The molecule has 2 rings (SSSR count). The van der Waals surface area contributed by atoms with Crippen molar-refractivity contribution in [3.05, 3.63) is 35.2 Å². The topological polar surface area (TPSA) is 64.9 Å². The van der Waals surface area contributed by atoms with Crippen molar-refractivity contribution in [3.63, 3.8) is 0 Å². The van der Waals surface area contributed by atoms with E-state index in [4.69, 9.17) is 21.9 Å². The van der Waals surface area contributed by atoms with E-state index in [9.17, 15) is 0 Å². The van der Waals surface area contributed by atoms with E-state index < -0.39 is 0 Å². The van der Waals surface area contributed by atoms with Gasteiger partial charge in [-0.05, 0) is 17.5 Å². The molecule has 1 aromatic heterocycles. The molecule has 1 aromatic carbocycles. The van der Waals surface area contributed by atoms with Gasteiger partial charge >= 0.3 is 0 Å². The summed E-state index contributed by atoms with van der Waals surface area (Å²) < 4.78 is 5.22. The number of hydrogen-bond acceptors (Lipinski definition) is 4. The molecule has 0 unspecified atom stereocenters. The summed E-state index contributed by atoms with van der Waals surface area (Å²) in [6.07, 6.45) is 0. The van der Waals surface area contributed by atoms with E-state index in [0.29, 0.717) is 16.7 Å². The van der Waals surface area contributed by atoms with Gasteiger partial charge < -0.3 is 10.3 Å². The number of halogens is 2. The Hall–Kier alpha value is -1.10. The summed E-state index contributed by atoms with van der Waals surface area (Å²) in [6, 6.07) is 7.06. The van der Waals surface area contributed by atoms with E-state index in [1.54, 1.807) is 6.07 Å². The normalized spacial score (nSPS) is 12.9. The molecule has 0 fully saturated rings. The van der Waals surface area contributed by atoms with E-state index >= 15 is 0 Å². The van der Waals surface area contributed by atoms with Crippen LogP contribution in [-0.4, -0.2) is 10.1 Å². The maximum atomic E-state index is 6.08. The van der Waals surface area contributed by atoms with Crippen LogP contribution in [0.2, 0.25) is 5.02 Å². The Morgan fingerprint density at radius 1 is 1.26 bits per heavy atom. The molecule has 6 heteroatoms. The third-order valence-corrected chi connectivity index (χ3v) is 3.09. The maximum absolute atomic E-state index is 6.08. The largest absolute Gasteiger partial charge is 0.337 e. The number of nitrogens with two attached hydrogens (primary N) is 1. The van der Waals surface area contributed by atoms with Gasteiger partial charge in [0, 0.05) is 5.56 Å². The van der Waals surface area contributed by atoms with Crippen LogP contribution in [0.5, 0.6) is 0 Å². The minimum Gasteiger partial charge on any atom is -0.337 e. The Morgan fingerprint density at radius 3 is 2.47 bits per heavy atom. The Bertz CT molecular complexity index is 549. The highest BCUT2D eigenvalue weighted by atomic mass is 35.5. The first kappa shape index (κ1) is 16.0. The second kappa shape index (κ2) is 5.90. The van der Waals surface area contributed by atoms with Gasteiger partial charge in [0.2, 0.25) is 11.7 Å². The quantitative estimate of drug-likeness (QED) is 0.915. The van der Waals surface area contributed by atoms with Gasteiger partial charge in [0.1, 0.15) is 0 Å². The summed E-state index contributed by atoms with van der Waals surface area (Å²) in [6.45, 7) is 6.07. The summed E-state index contributed by atoms with van der Waals surface area (Å²) in [4.78, 5) is 4.32. The number of hydrogen-bond donors (Lipinski definition) is 1. The average Bonchev–Trinajstić information content (AvgIpc) is 2.76. The van der Waals surface area contributed by atoms with Gasteiger partial charge in [-0.2, -0.15) is 4.98 Å². The van der Waals surface area contributed by atoms with Crippen molar-refractivity contribution in [3.8, 4) is 11.4 Å².